The number of rotatable bonds is 3. The van der Waals surface area contributed by atoms with Crippen LogP contribution in [-0.4, -0.2) is 31.4 Å². The van der Waals surface area contributed by atoms with Crippen LogP contribution < -0.4 is 5.73 Å². The predicted octanol–water partition coefficient (Wildman–Crippen LogP) is 3.25. The average Bonchev–Trinajstić information content (AvgIpc) is 2.45. The Morgan fingerprint density at radius 1 is 1.30 bits per heavy atom. The van der Waals surface area contributed by atoms with Gasteiger partial charge in [0, 0.05) is 23.7 Å². The molecule has 130 valence electrons. The molecule has 1 aliphatic rings. The van der Waals surface area contributed by atoms with Crippen LogP contribution in [0.5, 0.6) is 0 Å². The van der Waals surface area contributed by atoms with Crippen LogP contribution in [0, 0.1) is 0 Å². The van der Waals surface area contributed by atoms with Crippen LogP contribution in [0.2, 0.25) is 5.02 Å². The first-order valence-electron chi connectivity index (χ1n) is 7.18. The third-order valence-electron chi connectivity index (χ3n) is 3.91. The molecule has 2 rings (SSSR count). The van der Waals surface area contributed by atoms with Gasteiger partial charge in [-0.05, 0) is 38.0 Å². The highest BCUT2D eigenvalue weighted by atomic mass is 35.5. The zero-order valence-corrected chi connectivity index (χ0v) is 14.0. The van der Waals surface area contributed by atoms with Gasteiger partial charge in [-0.25, -0.2) is 8.42 Å². The van der Waals surface area contributed by atoms with Crippen molar-refractivity contribution >= 4 is 21.6 Å². The maximum absolute atomic E-state index is 12.9. The number of nitrogens with two attached hydrogens (primary N) is 1. The van der Waals surface area contributed by atoms with E-state index in [1.807, 2.05) is 0 Å². The first-order chi connectivity index (χ1) is 10.5. The summed E-state index contributed by atoms with van der Waals surface area (Å²) >= 11 is 5.69. The summed E-state index contributed by atoms with van der Waals surface area (Å²) < 4.78 is 65.4. The van der Waals surface area contributed by atoms with Crippen molar-refractivity contribution in [3.63, 3.8) is 0 Å². The van der Waals surface area contributed by atoms with Crippen molar-refractivity contribution in [3.05, 3.63) is 28.8 Å². The van der Waals surface area contributed by atoms with Crippen molar-refractivity contribution in [3.8, 4) is 0 Å². The van der Waals surface area contributed by atoms with Crippen LogP contribution in [0.25, 0.3) is 0 Å². The number of benzene rings is 1. The molecule has 0 bridgehead atoms. The molecule has 23 heavy (non-hydrogen) atoms. The van der Waals surface area contributed by atoms with Gasteiger partial charge in [0.05, 0.1) is 10.5 Å². The second kappa shape index (κ2) is 6.58. The number of nitrogens with zero attached hydrogens (tertiary/aromatic N) is 1. The SMILES string of the molecule is CC(N)C1CCCCN1S(=O)(=O)c1cc(Cl)cc(C(F)(F)F)c1. The molecular formula is C14H18ClF3N2O2S. The zero-order valence-electron chi connectivity index (χ0n) is 12.5. The molecular weight excluding hydrogens is 353 g/mol. The lowest BCUT2D eigenvalue weighted by molar-refractivity contribution is -0.137. The lowest BCUT2D eigenvalue weighted by Gasteiger charge is -2.37. The highest BCUT2D eigenvalue weighted by Crippen LogP contribution is 2.35. The van der Waals surface area contributed by atoms with Gasteiger partial charge in [0.1, 0.15) is 0 Å². The van der Waals surface area contributed by atoms with Gasteiger partial charge in [0.25, 0.3) is 0 Å². The Hall–Kier alpha value is -0.830. The van der Waals surface area contributed by atoms with E-state index in [0.717, 1.165) is 12.5 Å². The molecule has 0 aromatic heterocycles. The van der Waals surface area contributed by atoms with E-state index in [-0.39, 0.29) is 11.6 Å². The molecule has 0 spiro atoms. The Labute approximate surface area is 138 Å². The molecule has 1 saturated heterocycles. The number of hydrogen-bond acceptors (Lipinski definition) is 3. The highest BCUT2D eigenvalue weighted by molar-refractivity contribution is 7.89. The van der Waals surface area contributed by atoms with E-state index in [1.165, 1.54) is 4.31 Å². The molecule has 9 heteroatoms. The van der Waals surface area contributed by atoms with Gasteiger partial charge in [0.15, 0.2) is 0 Å². The van der Waals surface area contributed by atoms with Crippen molar-refractivity contribution < 1.29 is 21.6 Å². The fraction of sp³-hybridized carbons (Fsp3) is 0.571. The van der Waals surface area contributed by atoms with E-state index in [2.05, 4.69) is 0 Å². The summed E-state index contributed by atoms with van der Waals surface area (Å²) in [7, 11) is -4.09. The smallest absolute Gasteiger partial charge is 0.326 e. The lowest BCUT2D eigenvalue weighted by Crippen LogP contribution is -2.51. The fourth-order valence-electron chi connectivity index (χ4n) is 2.77. The van der Waals surface area contributed by atoms with Crippen LogP contribution in [0.4, 0.5) is 13.2 Å². The Morgan fingerprint density at radius 2 is 1.96 bits per heavy atom. The van der Waals surface area contributed by atoms with Crippen LogP contribution >= 0.6 is 11.6 Å². The summed E-state index contributed by atoms with van der Waals surface area (Å²) in [6.07, 6.45) is -2.60. The van der Waals surface area contributed by atoms with E-state index in [4.69, 9.17) is 17.3 Å². The van der Waals surface area contributed by atoms with E-state index >= 15 is 0 Å². The average molecular weight is 371 g/mol. The monoisotopic (exact) mass is 370 g/mol. The molecule has 0 saturated carbocycles. The van der Waals surface area contributed by atoms with E-state index in [1.54, 1.807) is 6.92 Å². The van der Waals surface area contributed by atoms with Crippen molar-refractivity contribution in [1.82, 2.24) is 4.31 Å². The van der Waals surface area contributed by atoms with E-state index in [9.17, 15) is 21.6 Å². The largest absolute Gasteiger partial charge is 0.416 e. The standard InChI is InChI=1S/C14H18ClF3N2O2S/c1-9(19)13-4-2-3-5-20(13)23(21,22)12-7-10(14(16,17)18)6-11(15)8-12/h6-9,13H,2-5,19H2,1H3. The maximum Gasteiger partial charge on any atom is 0.416 e. The first kappa shape index (κ1) is 18.5. The van der Waals surface area contributed by atoms with Crippen molar-refractivity contribution in [2.45, 2.75) is 49.3 Å². The van der Waals surface area contributed by atoms with Crippen molar-refractivity contribution in [1.29, 1.82) is 0 Å². The second-order valence-electron chi connectivity index (χ2n) is 5.71. The minimum absolute atomic E-state index is 0.238. The van der Waals surface area contributed by atoms with Gasteiger partial charge < -0.3 is 5.73 Å². The Bertz CT molecular complexity index is 677. The fourth-order valence-corrected chi connectivity index (χ4v) is 4.91. The molecule has 1 heterocycles. The molecule has 0 amide bonds. The molecule has 1 fully saturated rings. The number of hydrogen-bond donors (Lipinski definition) is 1. The summed E-state index contributed by atoms with van der Waals surface area (Å²) in [4.78, 5) is -0.454. The third kappa shape index (κ3) is 3.99. The molecule has 2 N–H and O–H groups in total. The molecule has 2 atom stereocenters. The molecule has 0 radical (unpaired) electrons. The van der Waals surface area contributed by atoms with Crippen LogP contribution in [-0.2, 0) is 16.2 Å². The van der Waals surface area contributed by atoms with Crippen LogP contribution in [0.3, 0.4) is 0 Å². The number of alkyl halides is 3. The predicted molar refractivity (Wildman–Crippen MR) is 81.6 cm³/mol. The Kier molecular flexibility index (Phi) is 5.30. The second-order valence-corrected chi connectivity index (χ2v) is 8.04. The van der Waals surface area contributed by atoms with E-state index in [0.29, 0.717) is 25.0 Å². The maximum atomic E-state index is 12.9. The van der Waals surface area contributed by atoms with Gasteiger partial charge in [-0.1, -0.05) is 18.0 Å². The molecule has 1 aliphatic heterocycles. The minimum atomic E-state index is -4.67. The Balaban J connectivity index is 2.48. The van der Waals surface area contributed by atoms with Gasteiger partial charge >= 0.3 is 6.18 Å². The minimum Gasteiger partial charge on any atom is -0.326 e. The highest BCUT2D eigenvalue weighted by Gasteiger charge is 2.37. The summed E-state index contributed by atoms with van der Waals surface area (Å²) in [6.45, 7) is 1.93. The van der Waals surface area contributed by atoms with Gasteiger partial charge in [-0.15, -0.1) is 0 Å². The molecule has 1 aromatic carbocycles. The van der Waals surface area contributed by atoms with Crippen molar-refractivity contribution in [2.24, 2.45) is 5.73 Å². The Morgan fingerprint density at radius 3 is 2.52 bits per heavy atom. The number of piperidine rings is 1. The normalized spacial score (nSPS) is 22.1. The zero-order chi connectivity index (χ0) is 17.4. The summed E-state index contributed by atoms with van der Waals surface area (Å²) in [5, 5.41) is -0.271. The molecule has 4 nitrogen and oxygen atoms in total. The summed E-state index contributed by atoms with van der Waals surface area (Å²) in [5.41, 5.74) is 4.76. The quantitative estimate of drug-likeness (QED) is 0.888. The van der Waals surface area contributed by atoms with Crippen LogP contribution in [0.1, 0.15) is 31.7 Å². The van der Waals surface area contributed by atoms with E-state index < -0.39 is 38.7 Å². The first-order valence-corrected chi connectivity index (χ1v) is 9.00. The summed E-state index contributed by atoms with van der Waals surface area (Å²) in [6, 6.07) is 1.53. The van der Waals surface area contributed by atoms with Gasteiger partial charge in [-0.3, -0.25) is 0 Å². The van der Waals surface area contributed by atoms with Gasteiger partial charge in [-0.2, -0.15) is 17.5 Å². The molecule has 2 unspecified atom stereocenters. The number of halogens is 4. The van der Waals surface area contributed by atoms with Crippen molar-refractivity contribution in [2.75, 3.05) is 6.54 Å². The molecule has 1 aromatic rings. The third-order valence-corrected chi connectivity index (χ3v) is 6.03. The van der Waals surface area contributed by atoms with Crippen LogP contribution in [0.15, 0.2) is 23.1 Å². The lowest BCUT2D eigenvalue weighted by atomic mass is 10.00. The topological polar surface area (TPSA) is 63.4 Å². The summed E-state index contributed by atoms with van der Waals surface area (Å²) in [5.74, 6) is 0. The number of sulfonamides is 1. The van der Waals surface area contributed by atoms with Gasteiger partial charge in [0.2, 0.25) is 10.0 Å². The molecule has 0 aliphatic carbocycles.